The summed E-state index contributed by atoms with van der Waals surface area (Å²) < 4.78 is -0.150. The van der Waals surface area contributed by atoms with E-state index in [9.17, 15) is 5.26 Å². The first-order valence-corrected chi connectivity index (χ1v) is 7.25. The van der Waals surface area contributed by atoms with Crippen LogP contribution in [0.3, 0.4) is 0 Å². The zero-order chi connectivity index (χ0) is 11.9. The molecule has 0 saturated heterocycles. The van der Waals surface area contributed by atoms with Gasteiger partial charge < -0.3 is 0 Å². The Morgan fingerprint density at radius 2 is 2.12 bits per heavy atom. The summed E-state index contributed by atoms with van der Waals surface area (Å²) in [4.78, 5) is 0. The molecule has 1 aromatic carbocycles. The van der Waals surface area contributed by atoms with Gasteiger partial charge in [0.1, 0.15) is 4.75 Å². The fourth-order valence-electron chi connectivity index (χ4n) is 3.26. The van der Waals surface area contributed by atoms with Crippen molar-refractivity contribution in [3.8, 4) is 6.07 Å². The Balaban J connectivity index is 1.96. The van der Waals surface area contributed by atoms with Crippen molar-refractivity contribution < 1.29 is 0 Å². The van der Waals surface area contributed by atoms with E-state index >= 15 is 0 Å². The zero-order valence-corrected chi connectivity index (χ0v) is 10.7. The van der Waals surface area contributed by atoms with Crippen molar-refractivity contribution in [1.82, 2.24) is 0 Å². The number of hydrogen-bond donors (Lipinski definition) is 0. The van der Waals surface area contributed by atoms with Crippen LogP contribution in [-0.2, 0) is 0 Å². The van der Waals surface area contributed by atoms with Crippen LogP contribution in [0.1, 0.15) is 18.4 Å². The van der Waals surface area contributed by atoms with E-state index in [2.05, 4.69) is 48.7 Å². The van der Waals surface area contributed by atoms with E-state index in [1.807, 2.05) is 0 Å². The third-order valence-electron chi connectivity index (χ3n) is 4.17. The van der Waals surface area contributed by atoms with E-state index in [-0.39, 0.29) is 4.75 Å². The van der Waals surface area contributed by atoms with Gasteiger partial charge in [-0.25, -0.2) is 0 Å². The van der Waals surface area contributed by atoms with Gasteiger partial charge in [-0.3, -0.25) is 0 Å². The molecule has 0 heterocycles. The Morgan fingerprint density at radius 1 is 1.35 bits per heavy atom. The highest BCUT2D eigenvalue weighted by molar-refractivity contribution is 8.00. The lowest BCUT2D eigenvalue weighted by Gasteiger charge is -2.28. The van der Waals surface area contributed by atoms with E-state index in [1.165, 1.54) is 17.6 Å². The van der Waals surface area contributed by atoms with Crippen molar-refractivity contribution in [2.45, 2.75) is 17.6 Å². The highest BCUT2D eigenvalue weighted by atomic mass is 32.2. The average Bonchev–Trinajstić information content (AvgIpc) is 2.97. The molecule has 2 aliphatic carbocycles. The molecular weight excluding hydrogens is 226 g/mol. The SMILES string of the molecule is CS[C@]1(C#N)C[C@@H]2C[C@H]1C=C2c1ccccc1. The quantitative estimate of drug-likeness (QED) is 0.787. The van der Waals surface area contributed by atoms with Crippen molar-refractivity contribution in [2.24, 2.45) is 11.8 Å². The number of hydrogen-bond acceptors (Lipinski definition) is 2. The van der Waals surface area contributed by atoms with Gasteiger partial charge in [0.2, 0.25) is 0 Å². The Bertz CT molecular complexity index is 499. The smallest absolute Gasteiger partial charge is 0.109 e. The van der Waals surface area contributed by atoms with Crippen molar-refractivity contribution in [3.63, 3.8) is 0 Å². The molecule has 0 aliphatic heterocycles. The van der Waals surface area contributed by atoms with E-state index in [0.29, 0.717) is 11.8 Å². The van der Waals surface area contributed by atoms with Gasteiger partial charge in [0.15, 0.2) is 0 Å². The average molecular weight is 241 g/mol. The summed E-state index contributed by atoms with van der Waals surface area (Å²) in [6, 6.07) is 13.1. The zero-order valence-electron chi connectivity index (χ0n) is 9.89. The molecule has 1 aromatic rings. The van der Waals surface area contributed by atoms with Gasteiger partial charge in [-0.1, -0.05) is 36.4 Å². The van der Waals surface area contributed by atoms with Gasteiger partial charge in [0.05, 0.1) is 6.07 Å². The summed E-state index contributed by atoms with van der Waals surface area (Å²) >= 11 is 1.73. The molecule has 0 aromatic heterocycles. The monoisotopic (exact) mass is 241 g/mol. The number of nitrogens with zero attached hydrogens (tertiary/aromatic N) is 1. The normalized spacial score (nSPS) is 34.5. The van der Waals surface area contributed by atoms with E-state index in [1.54, 1.807) is 11.8 Å². The molecular formula is C15H15NS. The van der Waals surface area contributed by atoms with Crippen LogP contribution in [0.2, 0.25) is 0 Å². The molecule has 0 amide bonds. The van der Waals surface area contributed by atoms with Gasteiger partial charge in [-0.2, -0.15) is 5.26 Å². The molecule has 0 N–H and O–H groups in total. The standard InChI is InChI=1S/C15H15NS/c1-17-15(10-16)9-12-7-13(15)8-14(12)11-5-3-2-4-6-11/h2-6,8,12-13H,7,9H2,1H3/t12-,13-,15-/m0/s1. The second kappa shape index (κ2) is 3.92. The third-order valence-corrected chi connectivity index (χ3v) is 5.46. The predicted octanol–water partition coefficient (Wildman–Crippen LogP) is 3.74. The fraction of sp³-hybridized carbons (Fsp3) is 0.400. The molecule has 1 nitrogen and oxygen atoms in total. The second-order valence-electron chi connectivity index (χ2n) is 4.94. The number of allylic oxidation sites excluding steroid dienone is 2. The molecule has 0 unspecified atom stereocenters. The summed E-state index contributed by atoms with van der Waals surface area (Å²) in [5.41, 5.74) is 2.81. The second-order valence-corrected chi connectivity index (χ2v) is 6.07. The largest absolute Gasteiger partial charge is 0.197 e. The maximum absolute atomic E-state index is 9.40. The van der Waals surface area contributed by atoms with Crippen LogP contribution in [-0.4, -0.2) is 11.0 Å². The number of thioether (sulfide) groups is 1. The van der Waals surface area contributed by atoms with Gasteiger partial charge in [-0.15, -0.1) is 11.8 Å². The van der Waals surface area contributed by atoms with Crippen LogP contribution in [0.15, 0.2) is 36.4 Å². The summed E-state index contributed by atoms with van der Waals surface area (Å²) in [6.45, 7) is 0. The minimum atomic E-state index is -0.150. The van der Waals surface area contributed by atoms with Gasteiger partial charge in [0, 0.05) is 5.92 Å². The number of benzene rings is 1. The third kappa shape index (κ3) is 1.53. The molecule has 3 rings (SSSR count). The van der Waals surface area contributed by atoms with Crippen LogP contribution in [0.25, 0.3) is 5.57 Å². The maximum atomic E-state index is 9.40. The summed E-state index contributed by atoms with van der Waals surface area (Å²) in [7, 11) is 0. The van der Waals surface area contributed by atoms with Crippen LogP contribution in [0.4, 0.5) is 0 Å². The molecule has 2 bridgehead atoms. The minimum absolute atomic E-state index is 0.150. The summed E-state index contributed by atoms with van der Waals surface area (Å²) in [6.07, 6.45) is 6.61. The number of rotatable bonds is 2. The molecule has 1 fully saturated rings. The van der Waals surface area contributed by atoms with E-state index < -0.39 is 0 Å². The Kier molecular flexibility index (Phi) is 2.52. The summed E-state index contributed by atoms with van der Waals surface area (Å²) in [5.74, 6) is 1.04. The minimum Gasteiger partial charge on any atom is -0.197 e. The molecule has 2 heteroatoms. The van der Waals surface area contributed by atoms with Crippen molar-refractivity contribution in [2.75, 3.05) is 6.26 Å². The van der Waals surface area contributed by atoms with Crippen molar-refractivity contribution in [3.05, 3.63) is 42.0 Å². The van der Waals surface area contributed by atoms with Crippen LogP contribution >= 0.6 is 11.8 Å². The molecule has 86 valence electrons. The number of nitriles is 1. The first kappa shape index (κ1) is 10.9. The lowest BCUT2D eigenvalue weighted by Crippen LogP contribution is -2.27. The van der Waals surface area contributed by atoms with Crippen molar-refractivity contribution >= 4 is 17.3 Å². The van der Waals surface area contributed by atoms with Crippen LogP contribution < -0.4 is 0 Å². The first-order valence-electron chi connectivity index (χ1n) is 6.02. The van der Waals surface area contributed by atoms with Crippen LogP contribution in [0.5, 0.6) is 0 Å². The Labute approximate surface area is 107 Å². The summed E-state index contributed by atoms with van der Waals surface area (Å²) in [5, 5.41) is 9.40. The molecule has 3 atom stereocenters. The molecule has 1 saturated carbocycles. The topological polar surface area (TPSA) is 23.8 Å². The van der Waals surface area contributed by atoms with Crippen LogP contribution in [0, 0.1) is 23.2 Å². The predicted molar refractivity (Wildman–Crippen MR) is 72.5 cm³/mol. The molecule has 0 radical (unpaired) electrons. The van der Waals surface area contributed by atoms with Gasteiger partial charge in [-0.05, 0) is 36.2 Å². The van der Waals surface area contributed by atoms with E-state index in [0.717, 1.165) is 6.42 Å². The highest BCUT2D eigenvalue weighted by Gasteiger charge is 2.51. The van der Waals surface area contributed by atoms with Crippen molar-refractivity contribution in [1.29, 1.82) is 5.26 Å². The van der Waals surface area contributed by atoms with Gasteiger partial charge >= 0.3 is 0 Å². The first-order chi connectivity index (χ1) is 8.29. The fourth-order valence-corrected chi connectivity index (χ4v) is 4.19. The molecule has 2 aliphatic rings. The molecule has 0 spiro atoms. The lowest BCUT2D eigenvalue weighted by molar-refractivity contribution is 0.618. The Hall–Kier alpha value is -1.20. The van der Waals surface area contributed by atoms with E-state index in [4.69, 9.17) is 0 Å². The molecule has 17 heavy (non-hydrogen) atoms. The number of fused-ring (bicyclic) bond motifs is 2. The maximum Gasteiger partial charge on any atom is 0.109 e. The lowest BCUT2D eigenvalue weighted by atomic mass is 9.86. The van der Waals surface area contributed by atoms with Gasteiger partial charge in [0.25, 0.3) is 0 Å². The Morgan fingerprint density at radius 3 is 2.65 bits per heavy atom. The highest BCUT2D eigenvalue weighted by Crippen LogP contribution is 2.57.